The van der Waals surface area contributed by atoms with Crippen molar-refractivity contribution in [1.82, 2.24) is 0 Å². The normalized spacial score (nSPS) is 14.8. The van der Waals surface area contributed by atoms with Gasteiger partial charge in [0, 0.05) is 10.0 Å². The van der Waals surface area contributed by atoms with Crippen LogP contribution in [0.15, 0.2) is 57.6 Å². The Bertz CT molecular complexity index is 921. The van der Waals surface area contributed by atoms with Crippen molar-refractivity contribution in [2.45, 2.75) is 26.2 Å². The third kappa shape index (κ3) is 5.01. The van der Waals surface area contributed by atoms with E-state index in [2.05, 4.69) is 27.8 Å². The summed E-state index contributed by atoms with van der Waals surface area (Å²) >= 11 is 3.41. The third-order valence-electron chi connectivity index (χ3n) is 4.19. The summed E-state index contributed by atoms with van der Waals surface area (Å²) in [4.78, 5) is 16.5. The molecule has 5 nitrogen and oxygen atoms in total. The summed E-state index contributed by atoms with van der Waals surface area (Å²) in [7, 11) is 1.60. The van der Waals surface area contributed by atoms with Gasteiger partial charge in [-0.2, -0.15) is 0 Å². The molecular weight excluding hydrogens is 422 g/mol. The third-order valence-corrected chi connectivity index (χ3v) is 4.68. The Kier molecular flexibility index (Phi) is 6.87. The van der Waals surface area contributed by atoms with Crippen molar-refractivity contribution in [3.63, 3.8) is 0 Å². The lowest BCUT2D eigenvalue weighted by molar-refractivity contribution is -0.129. The number of cyclic esters (lactones) is 1. The molecule has 1 aliphatic heterocycles. The first-order valence-electron chi connectivity index (χ1n) is 9.20. The van der Waals surface area contributed by atoms with Crippen LogP contribution in [0.1, 0.15) is 37.3 Å². The van der Waals surface area contributed by atoms with Gasteiger partial charge in [0.15, 0.2) is 17.2 Å². The highest BCUT2D eigenvalue weighted by Crippen LogP contribution is 2.30. The van der Waals surface area contributed by atoms with Crippen molar-refractivity contribution in [1.29, 1.82) is 0 Å². The average molecular weight is 444 g/mol. The van der Waals surface area contributed by atoms with E-state index in [0.29, 0.717) is 24.0 Å². The first kappa shape index (κ1) is 20.1. The summed E-state index contributed by atoms with van der Waals surface area (Å²) in [6.07, 6.45) is 4.96. The molecule has 1 aliphatic rings. The van der Waals surface area contributed by atoms with Crippen LogP contribution in [0.3, 0.4) is 0 Å². The minimum Gasteiger partial charge on any atom is -0.493 e. The number of carbonyl (C=O) groups excluding carboxylic acids is 1. The van der Waals surface area contributed by atoms with Crippen molar-refractivity contribution < 1.29 is 19.0 Å². The maximum absolute atomic E-state index is 12.2. The van der Waals surface area contributed by atoms with Gasteiger partial charge in [-0.05, 0) is 48.4 Å². The van der Waals surface area contributed by atoms with Crippen molar-refractivity contribution in [3.05, 3.63) is 63.8 Å². The van der Waals surface area contributed by atoms with E-state index in [0.717, 1.165) is 34.9 Å². The largest absolute Gasteiger partial charge is 0.493 e. The molecule has 3 rings (SSSR count). The number of carbonyl (C=O) groups is 1. The Morgan fingerprint density at radius 1 is 1.14 bits per heavy atom. The first-order valence-corrected chi connectivity index (χ1v) is 9.99. The quantitative estimate of drug-likeness (QED) is 0.312. The molecule has 0 fully saturated rings. The van der Waals surface area contributed by atoms with Gasteiger partial charge in [-0.25, -0.2) is 9.79 Å². The van der Waals surface area contributed by atoms with Gasteiger partial charge in [-0.1, -0.05) is 47.8 Å². The summed E-state index contributed by atoms with van der Waals surface area (Å²) in [5, 5.41) is 0. The number of hydrogen-bond acceptors (Lipinski definition) is 5. The maximum atomic E-state index is 12.2. The number of hydrogen-bond donors (Lipinski definition) is 0. The molecule has 1 heterocycles. The standard InChI is InChI=1S/C22H22BrNO4/c1-3-4-5-11-27-19-10-9-15(13-20(19)26-2)12-18-22(25)28-21(24-18)16-7-6-8-17(23)14-16/h6-10,12-14H,3-5,11H2,1-2H3/b18-12-. The zero-order valence-corrected chi connectivity index (χ0v) is 17.5. The van der Waals surface area contributed by atoms with E-state index >= 15 is 0 Å². The minimum atomic E-state index is -0.478. The van der Waals surface area contributed by atoms with Crippen LogP contribution in [-0.2, 0) is 9.53 Å². The fourth-order valence-corrected chi connectivity index (χ4v) is 3.14. The lowest BCUT2D eigenvalue weighted by Gasteiger charge is -2.11. The van der Waals surface area contributed by atoms with E-state index in [-0.39, 0.29) is 5.70 Å². The van der Waals surface area contributed by atoms with Gasteiger partial charge in [0.2, 0.25) is 5.90 Å². The van der Waals surface area contributed by atoms with Crippen LogP contribution in [0.25, 0.3) is 6.08 Å². The van der Waals surface area contributed by atoms with Crippen molar-refractivity contribution in [3.8, 4) is 11.5 Å². The summed E-state index contributed by atoms with van der Waals surface area (Å²) in [5.41, 5.74) is 1.76. The number of ether oxygens (including phenoxy) is 3. The van der Waals surface area contributed by atoms with Crippen molar-refractivity contribution in [2.24, 2.45) is 4.99 Å². The van der Waals surface area contributed by atoms with E-state index in [1.54, 1.807) is 13.2 Å². The fourth-order valence-electron chi connectivity index (χ4n) is 2.74. The molecule has 0 N–H and O–H groups in total. The monoisotopic (exact) mass is 443 g/mol. The Hall–Kier alpha value is -2.60. The minimum absolute atomic E-state index is 0.244. The Morgan fingerprint density at radius 3 is 2.75 bits per heavy atom. The number of esters is 1. The molecule has 0 saturated heterocycles. The molecule has 2 aromatic carbocycles. The summed E-state index contributed by atoms with van der Waals surface area (Å²) in [6.45, 7) is 2.80. The molecule has 0 spiro atoms. The molecule has 0 unspecified atom stereocenters. The Balaban J connectivity index is 1.79. The van der Waals surface area contributed by atoms with Crippen LogP contribution in [0, 0.1) is 0 Å². The highest BCUT2D eigenvalue weighted by Gasteiger charge is 2.24. The highest BCUT2D eigenvalue weighted by molar-refractivity contribution is 9.10. The molecule has 0 amide bonds. The maximum Gasteiger partial charge on any atom is 0.363 e. The van der Waals surface area contributed by atoms with E-state index in [4.69, 9.17) is 14.2 Å². The predicted octanol–water partition coefficient (Wildman–Crippen LogP) is 5.37. The second kappa shape index (κ2) is 9.55. The lowest BCUT2D eigenvalue weighted by Crippen LogP contribution is -2.05. The second-order valence-electron chi connectivity index (χ2n) is 6.31. The highest BCUT2D eigenvalue weighted by atomic mass is 79.9. The molecule has 0 atom stereocenters. The Labute approximate surface area is 173 Å². The van der Waals surface area contributed by atoms with E-state index in [1.165, 1.54) is 0 Å². The van der Waals surface area contributed by atoms with E-state index < -0.39 is 5.97 Å². The summed E-state index contributed by atoms with van der Waals surface area (Å²) in [5.74, 6) is 1.12. The van der Waals surface area contributed by atoms with Crippen LogP contribution in [0.2, 0.25) is 0 Å². The molecule has 0 aliphatic carbocycles. The number of halogens is 1. The molecule has 28 heavy (non-hydrogen) atoms. The molecule has 146 valence electrons. The number of nitrogens with zero attached hydrogens (tertiary/aromatic N) is 1. The van der Waals surface area contributed by atoms with Crippen LogP contribution in [0.5, 0.6) is 11.5 Å². The number of unbranched alkanes of at least 4 members (excludes halogenated alkanes) is 2. The Morgan fingerprint density at radius 2 is 2.00 bits per heavy atom. The first-order chi connectivity index (χ1) is 13.6. The summed E-state index contributed by atoms with van der Waals surface area (Å²) in [6, 6.07) is 13.0. The van der Waals surface area contributed by atoms with Gasteiger partial charge in [0.25, 0.3) is 0 Å². The van der Waals surface area contributed by atoms with Crippen LogP contribution in [0.4, 0.5) is 0 Å². The zero-order valence-electron chi connectivity index (χ0n) is 15.9. The van der Waals surface area contributed by atoms with Crippen molar-refractivity contribution in [2.75, 3.05) is 13.7 Å². The van der Waals surface area contributed by atoms with Gasteiger partial charge in [-0.15, -0.1) is 0 Å². The molecule has 0 bridgehead atoms. The smallest absolute Gasteiger partial charge is 0.363 e. The SMILES string of the molecule is CCCCCOc1ccc(/C=C2\N=C(c3cccc(Br)c3)OC2=O)cc1OC. The molecule has 2 aromatic rings. The number of methoxy groups -OCH3 is 1. The van der Waals surface area contributed by atoms with Crippen molar-refractivity contribution >= 4 is 33.9 Å². The zero-order chi connectivity index (χ0) is 19.9. The number of benzene rings is 2. The number of aliphatic imine (C=N–C) groups is 1. The second-order valence-corrected chi connectivity index (χ2v) is 7.23. The topological polar surface area (TPSA) is 57.1 Å². The number of rotatable bonds is 8. The van der Waals surface area contributed by atoms with Gasteiger partial charge < -0.3 is 14.2 Å². The van der Waals surface area contributed by atoms with E-state index in [1.807, 2.05) is 42.5 Å². The summed E-state index contributed by atoms with van der Waals surface area (Å²) < 4.78 is 17.4. The molecule has 0 saturated carbocycles. The molecule has 0 aromatic heterocycles. The van der Waals surface area contributed by atoms with Gasteiger partial charge >= 0.3 is 5.97 Å². The lowest BCUT2D eigenvalue weighted by atomic mass is 10.1. The van der Waals surface area contributed by atoms with Gasteiger partial charge in [0.05, 0.1) is 13.7 Å². The fraction of sp³-hybridized carbons (Fsp3) is 0.273. The van der Waals surface area contributed by atoms with Crippen LogP contribution >= 0.6 is 15.9 Å². The van der Waals surface area contributed by atoms with Crippen LogP contribution in [-0.4, -0.2) is 25.6 Å². The molecule has 6 heteroatoms. The van der Waals surface area contributed by atoms with Gasteiger partial charge in [-0.3, -0.25) is 0 Å². The molecular formula is C22H22BrNO4. The van der Waals surface area contributed by atoms with Crippen LogP contribution < -0.4 is 9.47 Å². The predicted molar refractivity (Wildman–Crippen MR) is 113 cm³/mol. The molecule has 0 radical (unpaired) electrons. The van der Waals surface area contributed by atoms with E-state index in [9.17, 15) is 4.79 Å². The average Bonchev–Trinajstić information content (AvgIpc) is 3.06. The van der Waals surface area contributed by atoms with Gasteiger partial charge in [0.1, 0.15) is 0 Å².